The molecule has 1 aromatic rings. The van der Waals surface area contributed by atoms with E-state index in [0.29, 0.717) is 16.6 Å². The first-order valence-corrected chi connectivity index (χ1v) is 5.64. The molecule has 1 nitrogen and oxygen atoms in total. The second-order valence-electron chi connectivity index (χ2n) is 3.94. The van der Waals surface area contributed by atoms with E-state index >= 15 is 0 Å². The molecule has 2 atom stereocenters. The summed E-state index contributed by atoms with van der Waals surface area (Å²) in [5.74, 6) is 0.220. The number of nitrogens with one attached hydrogen (secondary N) is 1. The van der Waals surface area contributed by atoms with Crippen LogP contribution in [-0.4, -0.2) is 6.04 Å². The summed E-state index contributed by atoms with van der Waals surface area (Å²) in [4.78, 5) is 0. The standard InChI is InChI=1S/C12H17ClFN/c1-4-8(2)9(3)15-12-6-5-10(13)7-11(12)14/h5-9,15H,4H2,1-3H3. The predicted octanol–water partition coefficient (Wildman–Crippen LogP) is 4.33. The van der Waals surface area contributed by atoms with Crippen LogP contribution in [0.1, 0.15) is 27.2 Å². The van der Waals surface area contributed by atoms with E-state index in [-0.39, 0.29) is 11.9 Å². The van der Waals surface area contributed by atoms with E-state index in [2.05, 4.69) is 26.1 Å². The lowest BCUT2D eigenvalue weighted by atomic mass is 10.0. The van der Waals surface area contributed by atoms with Gasteiger partial charge in [-0.2, -0.15) is 0 Å². The second-order valence-corrected chi connectivity index (χ2v) is 4.38. The number of benzene rings is 1. The average Bonchev–Trinajstić information content (AvgIpc) is 2.20. The zero-order chi connectivity index (χ0) is 11.4. The number of hydrogen-bond donors (Lipinski definition) is 1. The lowest BCUT2D eigenvalue weighted by molar-refractivity contribution is 0.491. The van der Waals surface area contributed by atoms with Crippen molar-refractivity contribution < 1.29 is 4.39 Å². The Kier molecular flexibility index (Phi) is 4.40. The third kappa shape index (κ3) is 3.38. The molecule has 0 bridgehead atoms. The van der Waals surface area contributed by atoms with Crippen LogP contribution in [0.2, 0.25) is 5.02 Å². The molecule has 0 aromatic heterocycles. The fourth-order valence-electron chi connectivity index (χ4n) is 1.35. The molecule has 0 aliphatic heterocycles. The van der Waals surface area contributed by atoms with Gasteiger partial charge in [-0.3, -0.25) is 0 Å². The fraction of sp³-hybridized carbons (Fsp3) is 0.500. The molecule has 1 N–H and O–H groups in total. The summed E-state index contributed by atoms with van der Waals surface area (Å²) < 4.78 is 13.4. The Labute approximate surface area is 95.6 Å². The molecule has 0 saturated carbocycles. The van der Waals surface area contributed by atoms with Gasteiger partial charge < -0.3 is 5.32 Å². The molecule has 1 rings (SSSR count). The molecule has 0 saturated heterocycles. The molecular weight excluding hydrogens is 213 g/mol. The predicted molar refractivity (Wildman–Crippen MR) is 63.9 cm³/mol. The maximum Gasteiger partial charge on any atom is 0.147 e. The van der Waals surface area contributed by atoms with E-state index in [1.807, 2.05) is 0 Å². The minimum absolute atomic E-state index is 0.255. The van der Waals surface area contributed by atoms with Crippen LogP contribution in [0.15, 0.2) is 18.2 Å². The highest BCUT2D eigenvalue weighted by Gasteiger charge is 2.11. The van der Waals surface area contributed by atoms with Crippen molar-refractivity contribution in [3.63, 3.8) is 0 Å². The van der Waals surface area contributed by atoms with Crippen LogP contribution >= 0.6 is 11.6 Å². The van der Waals surface area contributed by atoms with Crippen molar-refractivity contribution in [1.82, 2.24) is 0 Å². The molecular formula is C12H17ClFN. The maximum atomic E-state index is 13.4. The van der Waals surface area contributed by atoms with Gasteiger partial charge in [-0.05, 0) is 31.0 Å². The molecule has 0 fully saturated rings. The van der Waals surface area contributed by atoms with Gasteiger partial charge in [0.05, 0.1) is 5.69 Å². The molecule has 0 radical (unpaired) electrons. The van der Waals surface area contributed by atoms with Crippen molar-refractivity contribution in [2.24, 2.45) is 5.92 Å². The summed E-state index contributed by atoms with van der Waals surface area (Å²) in [6.07, 6.45) is 1.07. The van der Waals surface area contributed by atoms with Crippen molar-refractivity contribution in [3.05, 3.63) is 29.0 Å². The van der Waals surface area contributed by atoms with Gasteiger partial charge in [0.25, 0.3) is 0 Å². The third-order valence-corrected chi connectivity index (χ3v) is 3.05. The smallest absolute Gasteiger partial charge is 0.147 e. The lowest BCUT2D eigenvalue weighted by Crippen LogP contribution is -2.23. The van der Waals surface area contributed by atoms with Gasteiger partial charge in [0.2, 0.25) is 0 Å². The molecule has 0 spiro atoms. The SMILES string of the molecule is CCC(C)C(C)Nc1ccc(Cl)cc1F. The Hall–Kier alpha value is -0.760. The van der Waals surface area contributed by atoms with Crippen LogP contribution in [0.25, 0.3) is 0 Å². The van der Waals surface area contributed by atoms with E-state index in [1.54, 1.807) is 12.1 Å². The Morgan fingerprint density at radius 3 is 2.60 bits per heavy atom. The van der Waals surface area contributed by atoms with Crippen LogP contribution in [0.4, 0.5) is 10.1 Å². The Morgan fingerprint density at radius 2 is 2.07 bits per heavy atom. The highest BCUT2D eigenvalue weighted by atomic mass is 35.5. The van der Waals surface area contributed by atoms with E-state index in [0.717, 1.165) is 6.42 Å². The van der Waals surface area contributed by atoms with E-state index in [4.69, 9.17) is 11.6 Å². The molecule has 84 valence electrons. The van der Waals surface area contributed by atoms with Crippen molar-refractivity contribution in [3.8, 4) is 0 Å². The van der Waals surface area contributed by atoms with Gasteiger partial charge in [0, 0.05) is 11.1 Å². The van der Waals surface area contributed by atoms with Gasteiger partial charge in [0.15, 0.2) is 0 Å². The minimum atomic E-state index is -0.294. The van der Waals surface area contributed by atoms with Crippen molar-refractivity contribution in [2.75, 3.05) is 5.32 Å². The molecule has 15 heavy (non-hydrogen) atoms. The summed E-state index contributed by atoms with van der Waals surface area (Å²) in [6, 6.07) is 4.95. The first kappa shape index (κ1) is 12.3. The zero-order valence-corrected chi connectivity index (χ0v) is 10.1. The minimum Gasteiger partial charge on any atom is -0.380 e. The van der Waals surface area contributed by atoms with Gasteiger partial charge in [0.1, 0.15) is 5.82 Å². The number of anilines is 1. The van der Waals surface area contributed by atoms with Crippen molar-refractivity contribution in [2.45, 2.75) is 33.2 Å². The normalized spacial score (nSPS) is 14.7. The van der Waals surface area contributed by atoms with E-state index in [1.165, 1.54) is 6.07 Å². The van der Waals surface area contributed by atoms with Crippen LogP contribution < -0.4 is 5.32 Å². The molecule has 2 unspecified atom stereocenters. The zero-order valence-electron chi connectivity index (χ0n) is 9.35. The van der Waals surface area contributed by atoms with Gasteiger partial charge in [-0.25, -0.2) is 4.39 Å². The number of rotatable bonds is 4. The van der Waals surface area contributed by atoms with Crippen LogP contribution in [-0.2, 0) is 0 Å². The van der Waals surface area contributed by atoms with Crippen LogP contribution in [0.3, 0.4) is 0 Å². The van der Waals surface area contributed by atoms with Gasteiger partial charge in [-0.1, -0.05) is 31.9 Å². The highest BCUT2D eigenvalue weighted by molar-refractivity contribution is 6.30. The number of halogens is 2. The fourth-order valence-corrected chi connectivity index (χ4v) is 1.51. The topological polar surface area (TPSA) is 12.0 Å². The Bertz CT molecular complexity index is 327. The van der Waals surface area contributed by atoms with Crippen LogP contribution in [0, 0.1) is 11.7 Å². The maximum absolute atomic E-state index is 13.4. The lowest BCUT2D eigenvalue weighted by Gasteiger charge is -2.21. The molecule has 3 heteroatoms. The summed E-state index contributed by atoms with van der Waals surface area (Å²) in [5.41, 5.74) is 0.521. The summed E-state index contributed by atoms with van der Waals surface area (Å²) >= 11 is 5.68. The molecule has 0 heterocycles. The summed E-state index contributed by atoms with van der Waals surface area (Å²) in [6.45, 7) is 6.33. The first-order valence-electron chi connectivity index (χ1n) is 5.26. The molecule has 0 aliphatic carbocycles. The Balaban J connectivity index is 2.72. The van der Waals surface area contributed by atoms with Gasteiger partial charge >= 0.3 is 0 Å². The largest absolute Gasteiger partial charge is 0.380 e. The number of hydrogen-bond acceptors (Lipinski definition) is 1. The third-order valence-electron chi connectivity index (χ3n) is 2.81. The molecule has 0 amide bonds. The second kappa shape index (κ2) is 5.36. The quantitative estimate of drug-likeness (QED) is 0.811. The molecule has 0 aliphatic rings. The monoisotopic (exact) mass is 229 g/mol. The summed E-state index contributed by atoms with van der Waals surface area (Å²) in [5, 5.41) is 3.58. The van der Waals surface area contributed by atoms with E-state index < -0.39 is 0 Å². The molecule has 1 aromatic carbocycles. The average molecular weight is 230 g/mol. The van der Waals surface area contributed by atoms with Crippen molar-refractivity contribution in [1.29, 1.82) is 0 Å². The van der Waals surface area contributed by atoms with Crippen molar-refractivity contribution >= 4 is 17.3 Å². The summed E-state index contributed by atoms with van der Waals surface area (Å²) in [7, 11) is 0. The highest BCUT2D eigenvalue weighted by Crippen LogP contribution is 2.21. The van der Waals surface area contributed by atoms with Gasteiger partial charge in [-0.15, -0.1) is 0 Å². The first-order chi connectivity index (χ1) is 7.04. The van der Waals surface area contributed by atoms with Crippen LogP contribution in [0.5, 0.6) is 0 Å². The van der Waals surface area contributed by atoms with E-state index in [9.17, 15) is 4.39 Å². The Morgan fingerprint density at radius 1 is 1.40 bits per heavy atom.